The summed E-state index contributed by atoms with van der Waals surface area (Å²) < 4.78 is 27.2. The van der Waals surface area contributed by atoms with Gasteiger partial charge in [-0.15, -0.1) is 0 Å². The van der Waals surface area contributed by atoms with Gasteiger partial charge in [-0.2, -0.15) is 22.7 Å². The second-order valence-electron chi connectivity index (χ2n) is 6.38. The molecule has 1 unspecified atom stereocenters. The van der Waals surface area contributed by atoms with Crippen LogP contribution in [0.25, 0.3) is 0 Å². The Morgan fingerprint density at radius 3 is 2.41 bits per heavy atom. The highest BCUT2D eigenvalue weighted by molar-refractivity contribution is 9.12. The summed E-state index contributed by atoms with van der Waals surface area (Å²) in [6.45, 7) is 2.71. The first-order valence-electron chi connectivity index (χ1n) is 8.92. The summed E-state index contributed by atoms with van der Waals surface area (Å²) in [5.74, 6) is 0.600. The van der Waals surface area contributed by atoms with Gasteiger partial charge in [0.25, 0.3) is 0 Å². The van der Waals surface area contributed by atoms with E-state index < -0.39 is 0 Å². The van der Waals surface area contributed by atoms with Gasteiger partial charge in [0.05, 0.1) is 4.48 Å². The Morgan fingerprint density at radius 1 is 1.07 bits per heavy atom. The minimum atomic E-state index is -0.367. The van der Waals surface area contributed by atoms with Crippen molar-refractivity contribution in [2.45, 2.75) is 26.3 Å². The van der Waals surface area contributed by atoms with Crippen molar-refractivity contribution in [2.24, 2.45) is 4.99 Å². The van der Waals surface area contributed by atoms with Crippen molar-refractivity contribution in [3.05, 3.63) is 79.5 Å². The molecule has 0 bridgehead atoms. The lowest BCUT2D eigenvalue weighted by atomic mass is 10.2. The van der Waals surface area contributed by atoms with Crippen LogP contribution in [0.1, 0.15) is 18.1 Å². The third kappa shape index (κ3) is 4.71. The maximum Gasteiger partial charge on any atom is 0.227 e. The Labute approximate surface area is 185 Å². The van der Waals surface area contributed by atoms with Gasteiger partial charge in [-0.25, -0.2) is 9.38 Å². The van der Waals surface area contributed by atoms with Gasteiger partial charge < -0.3 is 14.4 Å². The molecule has 150 valence electrons. The maximum atomic E-state index is 14.8. The number of aliphatic imine (C=N–C) groups is 1. The lowest BCUT2D eigenvalue weighted by molar-refractivity contribution is 0.290. The van der Waals surface area contributed by atoms with E-state index in [9.17, 15) is 4.39 Å². The van der Waals surface area contributed by atoms with Crippen LogP contribution in [0.4, 0.5) is 10.1 Å². The molecule has 0 amide bonds. The summed E-state index contributed by atoms with van der Waals surface area (Å²) in [6.07, 6.45) is 1.44. The van der Waals surface area contributed by atoms with E-state index in [1.165, 1.54) is 6.07 Å². The van der Waals surface area contributed by atoms with E-state index in [4.69, 9.17) is 9.47 Å². The predicted molar refractivity (Wildman–Crippen MR) is 121 cm³/mol. The summed E-state index contributed by atoms with van der Waals surface area (Å²) in [5, 5.41) is 8.05. The fraction of sp³-hybridized carbons (Fsp3) is 0.190. The topological polar surface area (TPSA) is 34.1 Å². The number of halogens is 2. The van der Waals surface area contributed by atoms with Crippen molar-refractivity contribution < 1.29 is 13.9 Å². The van der Waals surface area contributed by atoms with E-state index >= 15 is 0 Å². The number of rotatable bonds is 6. The second kappa shape index (κ2) is 9.11. The van der Waals surface area contributed by atoms with Crippen LogP contribution >= 0.6 is 38.6 Å². The molecule has 29 heavy (non-hydrogen) atoms. The molecular formula is C21H18BrFN2O2S2. The SMILES string of the molecule is CC1N=C(OCc2ccsc2)C(Br)=CN1c1c(F)cccc1OCc1ccsc1. The highest BCUT2D eigenvalue weighted by Crippen LogP contribution is 2.36. The average Bonchev–Trinajstić information content (AvgIpc) is 3.41. The Morgan fingerprint density at radius 2 is 1.76 bits per heavy atom. The van der Waals surface area contributed by atoms with E-state index in [0.717, 1.165) is 11.1 Å². The highest BCUT2D eigenvalue weighted by Gasteiger charge is 2.26. The maximum absolute atomic E-state index is 14.8. The zero-order valence-corrected chi connectivity index (χ0v) is 18.8. The molecule has 4 rings (SSSR count). The van der Waals surface area contributed by atoms with Crippen molar-refractivity contribution in [1.82, 2.24) is 0 Å². The van der Waals surface area contributed by atoms with Gasteiger partial charge in [-0.1, -0.05) is 6.07 Å². The minimum Gasteiger partial charge on any atom is -0.487 e. The van der Waals surface area contributed by atoms with Gasteiger partial charge in [-0.05, 0) is 74.2 Å². The molecule has 8 heteroatoms. The zero-order valence-electron chi connectivity index (χ0n) is 15.5. The number of para-hydroxylation sites is 1. The molecule has 3 aromatic rings. The van der Waals surface area contributed by atoms with Gasteiger partial charge in [0, 0.05) is 11.8 Å². The number of hydrogen-bond acceptors (Lipinski definition) is 6. The molecule has 0 saturated carbocycles. The standard InChI is InChI=1S/C21H18BrFN2O2S2/c1-14-24-21(27-11-16-6-8-29-13-16)17(22)9-25(14)20-18(23)3-2-4-19(20)26-10-15-5-7-28-12-15/h2-9,12-14H,10-11H2,1H3. The third-order valence-corrected chi connectivity index (χ3v) is 6.31. The largest absolute Gasteiger partial charge is 0.487 e. The Balaban J connectivity index is 1.54. The van der Waals surface area contributed by atoms with E-state index in [-0.39, 0.29) is 12.0 Å². The molecule has 1 aromatic carbocycles. The van der Waals surface area contributed by atoms with Gasteiger partial charge in [-0.3, -0.25) is 0 Å². The molecule has 0 N–H and O–H groups in total. The van der Waals surface area contributed by atoms with E-state index in [1.807, 2.05) is 40.6 Å². The van der Waals surface area contributed by atoms with Crippen LogP contribution in [0, 0.1) is 5.82 Å². The van der Waals surface area contributed by atoms with Gasteiger partial charge in [0.2, 0.25) is 5.90 Å². The van der Waals surface area contributed by atoms with E-state index in [1.54, 1.807) is 45.9 Å². The van der Waals surface area contributed by atoms with E-state index in [2.05, 4.69) is 20.9 Å². The number of nitrogens with zero attached hydrogens (tertiary/aromatic N) is 2. The first kappa shape index (κ1) is 20.1. The van der Waals surface area contributed by atoms with Crippen molar-refractivity contribution in [3.8, 4) is 5.75 Å². The molecule has 1 aliphatic rings. The molecule has 1 aliphatic heterocycles. The fourth-order valence-corrected chi connectivity index (χ4v) is 4.61. The van der Waals surface area contributed by atoms with Crippen LogP contribution in [0.15, 0.2) is 67.5 Å². The number of anilines is 1. The molecule has 2 aromatic heterocycles. The first-order chi connectivity index (χ1) is 14.1. The molecule has 4 nitrogen and oxygen atoms in total. The number of ether oxygens (including phenoxy) is 2. The lowest BCUT2D eigenvalue weighted by Crippen LogP contribution is -2.33. The van der Waals surface area contributed by atoms with E-state index in [0.29, 0.717) is 35.0 Å². The number of thiophene rings is 2. The van der Waals surface area contributed by atoms with Gasteiger partial charge >= 0.3 is 0 Å². The van der Waals surface area contributed by atoms with Gasteiger partial charge in [0.15, 0.2) is 5.82 Å². The van der Waals surface area contributed by atoms with Crippen LogP contribution in [0.2, 0.25) is 0 Å². The first-order valence-corrected chi connectivity index (χ1v) is 11.6. The zero-order chi connectivity index (χ0) is 20.2. The third-order valence-electron chi connectivity index (χ3n) is 4.30. The molecule has 3 heterocycles. The monoisotopic (exact) mass is 492 g/mol. The molecule has 0 saturated heterocycles. The Bertz CT molecular complexity index is 1020. The van der Waals surface area contributed by atoms with Crippen LogP contribution < -0.4 is 9.64 Å². The molecule has 0 fully saturated rings. The Hall–Kier alpha value is -2.16. The highest BCUT2D eigenvalue weighted by atomic mass is 79.9. The van der Waals surface area contributed by atoms with Crippen LogP contribution in [0.5, 0.6) is 5.75 Å². The summed E-state index contributed by atoms with van der Waals surface area (Å²) >= 11 is 6.73. The van der Waals surface area contributed by atoms with Crippen molar-refractivity contribution >= 4 is 50.2 Å². The summed E-state index contributed by atoms with van der Waals surface area (Å²) in [4.78, 5) is 6.35. The minimum absolute atomic E-state index is 0.353. The quantitative estimate of drug-likeness (QED) is 0.391. The normalized spacial score (nSPS) is 16.4. The summed E-state index contributed by atoms with van der Waals surface area (Å²) in [6, 6.07) is 8.84. The van der Waals surface area contributed by atoms with Crippen molar-refractivity contribution in [3.63, 3.8) is 0 Å². The molecular weight excluding hydrogens is 475 g/mol. The van der Waals surface area contributed by atoms with Gasteiger partial charge in [0.1, 0.15) is 30.8 Å². The number of hydrogen-bond donors (Lipinski definition) is 0. The van der Waals surface area contributed by atoms with Crippen LogP contribution in [0.3, 0.4) is 0 Å². The predicted octanol–water partition coefficient (Wildman–Crippen LogP) is 6.55. The molecule has 1 atom stereocenters. The molecule has 0 spiro atoms. The summed E-state index contributed by atoms with van der Waals surface area (Å²) in [7, 11) is 0. The Kier molecular flexibility index (Phi) is 6.32. The van der Waals surface area contributed by atoms with Crippen molar-refractivity contribution in [1.29, 1.82) is 0 Å². The van der Waals surface area contributed by atoms with Crippen molar-refractivity contribution in [2.75, 3.05) is 4.90 Å². The van der Waals surface area contributed by atoms with Crippen LogP contribution in [-0.4, -0.2) is 12.1 Å². The smallest absolute Gasteiger partial charge is 0.227 e. The second-order valence-corrected chi connectivity index (χ2v) is 8.79. The molecule has 0 aliphatic carbocycles. The number of benzene rings is 1. The summed E-state index contributed by atoms with van der Waals surface area (Å²) in [5.41, 5.74) is 2.50. The van der Waals surface area contributed by atoms with Crippen LogP contribution in [-0.2, 0) is 18.0 Å². The fourth-order valence-electron chi connectivity index (χ4n) is 2.86. The average molecular weight is 493 g/mol. The molecule has 0 radical (unpaired) electrons. The lowest BCUT2D eigenvalue weighted by Gasteiger charge is -2.31.